The van der Waals surface area contributed by atoms with Gasteiger partial charge in [0.25, 0.3) is 0 Å². The van der Waals surface area contributed by atoms with Gasteiger partial charge in [0.15, 0.2) is 0 Å². The minimum absolute atomic E-state index is 0.0151. The number of nitrogens with zero attached hydrogens (tertiary/aromatic N) is 1. The third-order valence-electron chi connectivity index (χ3n) is 3.79. The van der Waals surface area contributed by atoms with E-state index in [1.165, 1.54) is 6.07 Å². The Bertz CT molecular complexity index is 507. The van der Waals surface area contributed by atoms with E-state index in [4.69, 9.17) is 9.84 Å². The summed E-state index contributed by atoms with van der Waals surface area (Å²) < 4.78 is 5.56. The van der Waals surface area contributed by atoms with Crippen LogP contribution in [0, 0.1) is 0 Å². The molecule has 5 nitrogen and oxygen atoms in total. The summed E-state index contributed by atoms with van der Waals surface area (Å²) in [5, 5.41) is 9.14. The van der Waals surface area contributed by atoms with Gasteiger partial charge in [0.2, 0.25) is 5.91 Å². The number of amides is 1. The number of ether oxygens (including phenoxy) is 1. The van der Waals surface area contributed by atoms with E-state index >= 15 is 0 Å². The van der Waals surface area contributed by atoms with Crippen LogP contribution in [0.15, 0.2) is 24.3 Å². The molecular weight excluding hydrogens is 270 g/mol. The number of carboxylic acid groups (broad SMARTS) is 1. The summed E-state index contributed by atoms with van der Waals surface area (Å²) in [5.41, 5.74) is 0.775. The Kier molecular flexibility index (Phi) is 5.33. The molecule has 1 amide bonds. The molecule has 0 atom stereocenters. The van der Waals surface area contributed by atoms with Crippen LogP contribution in [0.1, 0.15) is 35.7 Å². The maximum Gasteiger partial charge on any atom is 0.335 e. The number of hydrogen-bond donors (Lipinski definition) is 1. The van der Waals surface area contributed by atoms with Gasteiger partial charge in [0.05, 0.1) is 18.1 Å². The number of carbonyl (C=O) groups excluding carboxylic acids is 1. The molecule has 0 bridgehead atoms. The smallest absolute Gasteiger partial charge is 0.335 e. The quantitative estimate of drug-likeness (QED) is 0.900. The first-order valence-corrected chi connectivity index (χ1v) is 7.32. The highest BCUT2D eigenvalue weighted by Crippen LogP contribution is 2.16. The van der Waals surface area contributed by atoms with Crippen molar-refractivity contribution < 1.29 is 19.4 Å². The van der Waals surface area contributed by atoms with Gasteiger partial charge < -0.3 is 14.7 Å². The maximum absolute atomic E-state index is 12.3. The highest BCUT2D eigenvalue weighted by molar-refractivity contribution is 5.91. The molecule has 0 unspecified atom stereocenters. The van der Waals surface area contributed by atoms with E-state index < -0.39 is 5.97 Å². The number of aromatic carboxylic acids is 1. The van der Waals surface area contributed by atoms with Crippen molar-refractivity contribution in [1.82, 2.24) is 4.90 Å². The van der Waals surface area contributed by atoms with Gasteiger partial charge in [-0.15, -0.1) is 0 Å². The molecule has 1 aromatic rings. The largest absolute Gasteiger partial charge is 0.478 e. The average Bonchev–Trinajstić information content (AvgIpc) is 2.48. The molecule has 2 rings (SSSR count). The van der Waals surface area contributed by atoms with E-state index in [1.807, 2.05) is 6.92 Å². The van der Waals surface area contributed by atoms with Gasteiger partial charge >= 0.3 is 5.97 Å². The van der Waals surface area contributed by atoms with Crippen molar-refractivity contribution in [2.75, 3.05) is 19.7 Å². The first-order valence-electron chi connectivity index (χ1n) is 7.32. The van der Waals surface area contributed by atoms with Crippen molar-refractivity contribution in [3.05, 3.63) is 35.4 Å². The summed E-state index contributed by atoms with van der Waals surface area (Å²) in [5.74, 6) is -1.01. The third kappa shape index (κ3) is 4.04. The van der Waals surface area contributed by atoms with Crippen molar-refractivity contribution in [3.8, 4) is 0 Å². The van der Waals surface area contributed by atoms with Gasteiger partial charge in [-0.05, 0) is 31.4 Å². The molecule has 1 N–H and O–H groups in total. The van der Waals surface area contributed by atoms with Crippen LogP contribution in [0.25, 0.3) is 0 Å². The van der Waals surface area contributed by atoms with Gasteiger partial charge in [-0.2, -0.15) is 0 Å². The molecule has 1 aliphatic rings. The molecule has 0 aliphatic carbocycles. The van der Waals surface area contributed by atoms with Gasteiger partial charge in [-0.25, -0.2) is 4.79 Å². The molecule has 0 saturated carbocycles. The first kappa shape index (κ1) is 15.5. The molecule has 0 aromatic heterocycles. The van der Waals surface area contributed by atoms with E-state index in [0.29, 0.717) is 25.3 Å². The number of rotatable bonds is 5. The highest BCUT2D eigenvalue weighted by atomic mass is 16.5. The van der Waals surface area contributed by atoms with Crippen LogP contribution in [0.2, 0.25) is 0 Å². The molecule has 1 aliphatic heterocycles. The fourth-order valence-electron chi connectivity index (χ4n) is 2.67. The van der Waals surface area contributed by atoms with E-state index in [-0.39, 0.29) is 24.0 Å². The number of benzene rings is 1. The standard InChI is InChI=1S/C16H21NO4/c1-2-21-13-7-9-17(10-8-13)15(18)11-12-5-3-4-6-14(12)16(19)20/h3-6,13H,2,7-11H2,1H3,(H,19,20). The van der Waals surface area contributed by atoms with Crippen LogP contribution in [0.4, 0.5) is 0 Å². The number of carboxylic acids is 1. The zero-order valence-corrected chi connectivity index (χ0v) is 12.2. The number of piperidine rings is 1. The lowest BCUT2D eigenvalue weighted by Gasteiger charge is -2.32. The highest BCUT2D eigenvalue weighted by Gasteiger charge is 2.23. The van der Waals surface area contributed by atoms with Crippen molar-refractivity contribution in [3.63, 3.8) is 0 Å². The lowest BCUT2D eigenvalue weighted by molar-refractivity contribution is -0.133. The van der Waals surface area contributed by atoms with Crippen LogP contribution in [0.5, 0.6) is 0 Å². The molecule has 1 aromatic carbocycles. The summed E-state index contributed by atoms with van der Waals surface area (Å²) in [6.07, 6.45) is 2.08. The number of likely N-dealkylation sites (tertiary alicyclic amines) is 1. The normalized spacial score (nSPS) is 16.0. The Morgan fingerprint density at radius 1 is 1.29 bits per heavy atom. The fraction of sp³-hybridized carbons (Fsp3) is 0.500. The van der Waals surface area contributed by atoms with Crippen molar-refractivity contribution >= 4 is 11.9 Å². The minimum Gasteiger partial charge on any atom is -0.478 e. The van der Waals surface area contributed by atoms with Crippen LogP contribution < -0.4 is 0 Å². The predicted octanol–water partition coefficient (Wildman–Crippen LogP) is 1.95. The van der Waals surface area contributed by atoms with Crippen molar-refractivity contribution in [2.45, 2.75) is 32.3 Å². The molecule has 0 spiro atoms. The lowest BCUT2D eigenvalue weighted by Crippen LogP contribution is -2.41. The molecule has 5 heteroatoms. The Morgan fingerprint density at radius 3 is 2.57 bits per heavy atom. The molecular formula is C16H21NO4. The average molecular weight is 291 g/mol. The molecule has 0 radical (unpaired) electrons. The minimum atomic E-state index is -0.992. The Labute approximate surface area is 124 Å². The second kappa shape index (κ2) is 7.22. The monoisotopic (exact) mass is 291 g/mol. The summed E-state index contributed by atoms with van der Waals surface area (Å²) in [6, 6.07) is 6.67. The van der Waals surface area contributed by atoms with E-state index in [1.54, 1.807) is 23.1 Å². The lowest BCUT2D eigenvalue weighted by atomic mass is 10.0. The zero-order valence-electron chi connectivity index (χ0n) is 12.2. The summed E-state index contributed by atoms with van der Waals surface area (Å²) in [7, 11) is 0. The fourth-order valence-corrected chi connectivity index (χ4v) is 2.67. The second-order valence-corrected chi connectivity index (χ2v) is 5.17. The Morgan fingerprint density at radius 2 is 1.95 bits per heavy atom. The van der Waals surface area contributed by atoms with Crippen LogP contribution in [0.3, 0.4) is 0 Å². The van der Waals surface area contributed by atoms with Crippen molar-refractivity contribution in [2.24, 2.45) is 0 Å². The Balaban J connectivity index is 1.95. The molecule has 1 fully saturated rings. The van der Waals surface area contributed by atoms with E-state index in [9.17, 15) is 9.59 Å². The van der Waals surface area contributed by atoms with Crippen molar-refractivity contribution in [1.29, 1.82) is 0 Å². The van der Waals surface area contributed by atoms with E-state index in [2.05, 4.69) is 0 Å². The maximum atomic E-state index is 12.3. The predicted molar refractivity (Wildman–Crippen MR) is 78.3 cm³/mol. The van der Waals surface area contributed by atoms with Crippen LogP contribution in [-0.2, 0) is 16.0 Å². The van der Waals surface area contributed by atoms with E-state index in [0.717, 1.165) is 12.8 Å². The number of carbonyl (C=O) groups is 2. The van der Waals surface area contributed by atoms with Gasteiger partial charge in [0.1, 0.15) is 0 Å². The second-order valence-electron chi connectivity index (χ2n) is 5.17. The summed E-state index contributed by atoms with van der Waals surface area (Å²) >= 11 is 0. The Hall–Kier alpha value is -1.88. The first-order chi connectivity index (χ1) is 10.1. The van der Waals surface area contributed by atoms with Crippen LogP contribution in [-0.4, -0.2) is 47.7 Å². The summed E-state index contributed by atoms with van der Waals surface area (Å²) in [6.45, 7) is 4.03. The molecule has 1 saturated heterocycles. The topological polar surface area (TPSA) is 66.8 Å². The van der Waals surface area contributed by atoms with Gasteiger partial charge in [-0.1, -0.05) is 18.2 Å². The summed E-state index contributed by atoms with van der Waals surface area (Å²) in [4.78, 5) is 25.3. The van der Waals surface area contributed by atoms with Gasteiger partial charge in [-0.3, -0.25) is 4.79 Å². The molecule has 1 heterocycles. The third-order valence-corrected chi connectivity index (χ3v) is 3.79. The molecule has 114 valence electrons. The van der Waals surface area contributed by atoms with Crippen LogP contribution >= 0.6 is 0 Å². The number of hydrogen-bond acceptors (Lipinski definition) is 3. The SMILES string of the molecule is CCOC1CCN(C(=O)Cc2ccccc2C(=O)O)CC1. The molecule has 21 heavy (non-hydrogen) atoms. The zero-order chi connectivity index (χ0) is 15.2. The van der Waals surface area contributed by atoms with Gasteiger partial charge in [0, 0.05) is 19.7 Å².